The van der Waals surface area contributed by atoms with Gasteiger partial charge < -0.3 is 15.3 Å². The average Bonchev–Trinajstić information content (AvgIpc) is 2.22. The zero-order chi connectivity index (χ0) is 12.9. The van der Waals surface area contributed by atoms with Crippen molar-refractivity contribution in [1.29, 1.82) is 0 Å². The Balaban J connectivity index is 2.25. The third-order valence-electron chi connectivity index (χ3n) is 2.56. The Morgan fingerprint density at radius 1 is 1.47 bits per heavy atom. The van der Waals surface area contributed by atoms with Gasteiger partial charge >= 0.3 is 12.0 Å². The van der Waals surface area contributed by atoms with Gasteiger partial charge in [-0.1, -0.05) is 0 Å². The number of carbonyl (C=O) groups excluding carboxylic acids is 1. The van der Waals surface area contributed by atoms with Gasteiger partial charge in [0.25, 0.3) is 0 Å². The highest BCUT2D eigenvalue weighted by molar-refractivity contribution is 8.00. The zero-order valence-electron chi connectivity index (χ0n) is 10.4. The summed E-state index contributed by atoms with van der Waals surface area (Å²) in [6.07, 6.45) is 0.578. The highest BCUT2D eigenvalue weighted by atomic mass is 32.2. The molecule has 2 amide bonds. The first-order chi connectivity index (χ1) is 7.91. The van der Waals surface area contributed by atoms with E-state index in [0.29, 0.717) is 13.0 Å². The minimum atomic E-state index is -0.824. The summed E-state index contributed by atoms with van der Waals surface area (Å²) in [6.45, 7) is 6.18. The molecule has 0 bridgehead atoms. The van der Waals surface area contributed by atoms with Crippen LogP contribution in [0.25, 0.3) is 0 Å². The number of nitrogens with one attached hydrogen (secondary N) is 1. The number of thioether (sulfide) groups is 1. The van der Waals surface area contributed by atoms with Crippen LogP contribution in [0.4, 0.5) is 4.79 Å². The Bertz CT molecular complexity index is 294. The van der Waals surface area contributed by atoms with Crippen molar-refractivity contribution in [3.63, 3.8) is 0 Å². The smallest absolute Gasteiger partial charge is 0.317 e. The monoisotopic (exact) mass is 260 g/mol. The van der Waals surface area contributed by atoms with Gasteiger partial charge in [-0.25, -0.2) is 4.79 Å². The molecule has 1 heterocycles. The van der Waals surface area contributed by atoms with Crippen molar-refractivity contribution in [1.82, 2.24) is 10.2 Å². The highest BCUT2D eigenvalue weighted by Gasteiger charge is 2.29. The third-order valence-corrected chi connectivity index (χ3v) is 3.85. The predicted octanol–water partition coefficient (Wildman–Crippen LogP) is 1.39. The Morgan fingerprint density at radius 2 is 2.18 bits per heavy atom. The van der Waals surface area contributed by atoms with E-state index in [4.69, 9.17) is 5.11 Å². The number of amides is 2. The van der Waals surface area contributed by atoms with E-state index < -0.39 is 5.97 Å². The lowest BCUT2D eigenvalue weighted by atomic mass is 10.2. The molecule has 0 aromatic heterocycles. The fourth-order valence-electron chi connectivity index (χ4n) is 1.74. The summed E-state index contributed by atoms with van der Waals surface area (Å²) < 4.78 is 0.108. The van der Waals surface area contributed by atoms with Crippen LogP contribution >= 0.6 is 11.8 Å². The van der Waals surface area contributed by atoms with E-state index in [0.717, 1.165) is 18.8 Å². The van der Waals surface area contributed by atoms with Crippen LogP contribution in [0.15, 0.2) is 0 Å². The number of nitrogens with zero attached hydrogens (tertiary/aromatic N) is 1. The second kappa shape index (κ2) is 6.14. The number of carboxylic acid groups (broad SMARTS) is 1. The molecule has 0 unspecified atom stereocenters. The minimum Gasteiger partial charge on any atom is -0.481 e. The molecule has 1 aliphatic heterocycles. The molecule has 0 aromatic rings. The molecule has 0 aliphatic carbocycles. The summed E-state index contributed by atoms with van der Waals surface area (Å²) in [5, 5.41) is 11.2. The molecule has 1 fully saturated rings. The van der Waals surface area contributed by atoms with E-state index in [1.807, 2.05) is 11.8 Å². The van der Waals surface area contributed by atoms with Gasteiger partial charge in [-0.15, -0.1) is 0 Å². The van der Waals surface area contributed by atoms with Gasteiger partial charge in [0.15, 0.2) is 0 Å². The lowest BCUT2D eigenvalue weighted by Gasteiger charge is -2.37. The van der Waals surface area contributed by atoms with E-state index in [2.05, 4.69) is 19.2 Å². The highest BCUT2D eigenvalue weighted by Crippen LogP contribution is 2.29. The molecule has 0 aromatic carbocycles. The molecular formula is C11H20N2O3S. The summed E-state index contributed by atoms with van der Waals surface area (Å²) >= 11 is 1.87. The van der Waals surface area contributed by atoms with Crippen molar-refractivity contribution in [3.8, 4) is 0 Å². The number of hydrogen-bond acceptors (Lipinski definition) is 3. The maximum absolute atomic E-state index is 11.8. The molecule has 6 heteroatoms. The molecular weight excluding hydrogens is 240 g/mol. The van der Waals surface area contributed by atoms with Crippen molar-refractivity contribution >= 4 is 23.8 Å². The second-order valence-electron chi connectivity index (χ2n) is 4.76. The van der Waals surface area contributed by atoms with Gasteiger partial charge in [0.1, 0.15) is 0 Å². The summed E-state index contributed by atoms with van der Waals surface area (Å²) in [5.74, 6) is 0.130. The van der Waals surface area contributed by atoms with Gasteiger partial charge in [-0.05, 0) is 20.3 Å². The molecule has 0 atom stereocenters. The van der Waals surface area contributed by atoms with E-state index >= 15 is 0 Å². The van der Waals surface area contributed by atoms with Crippen LogP contribution in [0.2, 0.25) is 0 Å². The SMILES string of the molecule is CC1(C)CN(C(=O)NCCCC(=O)O)CCS1. The molecule has 0 saturated carbocycles. The summed E-state index contributed by atoms with van der Waals surface area (Å²) in [7, 11) is 0. The van der Waals surface area contributed by atoms with Crippen LogP contribution in [0.1, 0.15) is 26.7 Å². The van der Waals surface area contributed by atoms with Crippen molar-refractivity contribution in [2.75, 3.05) is 25.4 Å². The largest absolute Gasteiger partial charge is 0.481 e. The minimum absolute atomic E-state index is 0.0798. The van der Waals surface area contributed by atoms with E-state index in [9.17, 15) is 9.59 Å². The molecule has 1 saturated heterocycles. The number of urea groups is 1. The Morgan fingerprint density at radius 3 is 2.76 bits per heavy atom. The normalized spacial score (nSPS) is 18.8. The van der Waals surface area contributed by atoms with Crippen molar-refractivity contribution in [2.45, 2.75) is 31.4 Å². The zero-order valence-corrected chi connectivity index (χ0v) is 11.2. The topological polar surface area (TPSA) is 69.6 Å². The van der Waals surface area contributed by atoms with Gasteiger partial charge in [0.2, 0.25) is 0 Å². The molecule has 98 valence electrons. The first kappa shape index (κ1) is 14.2. The molecule has 0 radical (unpaired) electrons. The predicted molar refractivity (Wildman–Crippen MR) is 68.4 cm³/mol. The van der Waals surface area contributed by atoms with E-state index in [1.54, 1.807) is 4.90 Å². The summed E-state index contributed by atoms with van der Waals surface area (Å²) in [4.78, 5) is 23.9. The van der Waals surface area contributed by atoms with E-state index in [-0.39, 0.29) is 17.2 Å². The Kier molecular flexibility index (Phi) is 5.11. The van der Waals surface area contributed by atoms with Crippen molar-refractivity contribution in [2.24, 2.45) is 0 Å². The maximum atomic E-state index is 11.8. The summed E-state index contributed by atoms with van der Waals surface area (Å²) in [5.41, 5.74) is 0. The molecule has 17 heavy (non-hydrogen) atoms. The quantitative estimate of drug-likeness (QED) is 0.749. The Hall–Kier alpha value is -0.910. The molecule has 1 rings (SSSR count). The lowest BCUT2D eigenvalue weighted by molar-refractivity contribution is -0.137. The number of carboxylic acids is 1. The van der Waals surface area contributed by atoms with Crippen molar-refractivity contribution in [3.05, 3.63) is 0 Å². The lowest BCUT2D eigenvalue weighted by Crippen LogP contribution is -2.50. The van der Waals surface area contributed by atoms with Crippen LogP contribution in [0.5, 0.6) is 0 Å². The molecule has 5 nitrogen and oxygen atoms in total. The first-order valence-corrected chi connectivity index (χ1v) is 6.78. The maximum Gasteiger partial charge on any atom is 0.317 e. The van der Waals surface area contributed by atoms with Crippen molar-refractivity contribution < 1.29 is 14.7 Å². The number of carbonyl (C=O) groups is 2. The van der Waals surface area contributed by atoms with Crippen LogP contribution in [-0.4, -0.2) is 52.1 Å². The van der Waals surface area contributed by atoms with Crippen LogP contribution < -0.4 is 5.32 Å². The molecule has 2 N–H and O–H groups in total. The summed E-state index contributed by atoms with van der Waals surface area (Å²) in [6, 6.07) is -0.0798. The average molecular weight is 260 g/mol. The fraction of sp³-hybridized carbons (Fsp3) is 0.818. The van der Waals surface area contributed by atoms with Crippen LogP contribution in [0.3, 0.4) is 0 Å². The van der Waals surface area contributed by atoms with Gasteiger partial charge in [0, 0.05) is 36.6 Å². The van der Waals surface area contributed by atoms with Gasteiger partial charge in [-0.2, -0.15) is 11.8 Å². The van der Waals surface area contributed by atoms with Crippen LogP contribution in [-0.2, 0) is 4.79 Å². The van der Waals surface area contributed by atoms with E-state index in [1.165, 1.54) is 0 Å². The standard InChI is InChI=1S/C11H20N2O3S/c1-11(2)8-13(6-7-17-11)10(16)12-5-3-4-9(14)15/h3-8H2,1-2H3,(H,12,16)(H,14,15). The Labute approximate surface area is 106 Å². The fourth-order valence-corrected chi connectivity index (χ4v) is 2.85. The number of aliphatic carboxylic acids is 1. The number of rotatable bonds is 4. The second-order valence-corrected chi connectivity index (χ2v) is 6.56. The number of hydrogen-bond donors (Lipinski definition) is 2. The molecule has 1 aliphatic rings. The van der Waals surface area contributed by atoms with Gasteiger partial charge in [-0.3, -0.25) is 4.79 Å². The first-order valence-electron chi connectivity index (χ1n) is 5.79. The van der Waals surface area contributed by atoms with Crippen LogP contribution in [0, 0.1) is 0 Å². The third kappa shape index (κ3) is 5.30. The van der Waals surface area contributed by atoms with Gasteiger partial charge in [0.05, 0.1) is 0 Å². The molecule has 0 spiro atoms.